The lowest BCUT2D eigenvalue weighted by Crippen LogP contribution is -2.64. The van der Waals surface area contributed by atoms with Crippen LogP contribution < -0.4 is 10.1 Å². The standard InChI is InChI=1S/C21H22Cl2FN3O4S/c1-14(28)9-26-10-21(13-31-17-4-2-15(8-25)19(24)7-17)11-27(12-21)32(29,30)20-5-3-16(22)6-18(20)23/h2-7,14,26,28H,9-13H2,1H3/t14-/m0/s1. The van der Waals surface area contributed by atoms with Crippen molar-refractivity contribution in [1.82, 2.24) is 9.62 Å². The quantitative estimate of drug-likeness (QED) is 0.547. The Morgan fingerprint density at radius 3 is 2.62 bits per heavy atom. The molecule has 0 amide bonds. The Labute approximate surface area is 196 Å². The molecule has 1 fully saturated rings. The van der Waals surface area contributed by atoms with Gasteiger partial charge >= 0.3 is 0 Å². The van der Waals surface area contributed by atoms with Gasteiger partial charge < -0.3 is 15.2 Å². The lowest BCUT2D eigenvalue weighted by Gasteiger charge is -2.49. The second-order valence-corrected chi connectivity index (χ2v) is 10.6. The Morgan fingerprint density at radius 1 is 1.31 bits per heavy atom. The average Bonchev–Trinajstić information content (AvgIpc) is 2.68. The number of rotatable bonds is 9. The van der Waals surface area contributed by atoms with E-state index in [1.807, 2.05) is 0 Å². The molecule has 11 heteroatoms. The first kappa shape index (κ1) is 24.7. The molecule has 0 unspecified atom stereocenters. The molecular formula is C21H22Cl2FN3O4S. The largest absolute Gasteiger partial charge is 0.493 e. The van der Waals surface area contributed by atoms with Gasteiger partial charge in [-0.3, -0.25) is 0 Å². The maximum absolute atomic E-state index is 13.9. The van der Waals surface area contributed by atoms with Crippen LogP contribution in [0.2, 0.25) is 10.0 Å². The first-order valence-electron chi connectivity index (χ1n) is 9.73. The first-order chi connectivity index (χ1) is 15.1. The van der Waals surface area contributed by atoms with Gasteiger partial charge in [-0.25, -0.2) is 12.8 Å². The van der Waals surface area contributed by atoms with E-state index in [2.05, 4.69) is 5.32 Å². The van der Waals surface area contributed by atoms with Gasteiger partial charge in [-0.2, -0.15) is 9.57 Å². The van der Waals surface area contributed by atoms with Crippen molar-refractivity contribution in [2.75, 3.05) is 32.8 Å². The molecule has 0 aromatic heterocycles. The third-order valence-corrected chi connectivity index (χ3v) is 7.59. The van der Waals surface area contributed by atoms with Gasteiger partial charge in [0.25, 0.3) is 0 Å². The van der Waals surface area contributed by atoms with Gasteiger partial charge in [0.1, 0.15) is 22.5 Å². The van der Waals surface area contributed by atoms with Crippen LogP contribution in [0.4, 0.5) is 4.39 Å². The fourth-order valence-corrected chi connectivity index (χ4v) is 5.82. The second kappa shape index (κ2) is 9.91. The highest BCUT2D eigenvalue weighted by Crippen LogP contribution is 2.37. The lowest BCUT2D eigenvalue weighted by atomic mass is 9.82. The van der Waals surface area contributed by atoms with Crippen molar-refractivity contribution in [3.05, 3.63) is 57.8 Å². The second-order valence-electron chi connectivity index (χ2n) is 7.87. The van der Waals surface area contributed by atoms with Crippen LogP contribution in [0.15, 0.2) is 41.3 Å². The third kappa shape index (κ3) is 5.52. The number of aliphatic hydroxyl groups excluding tert-OH is 1. The molecule has 1 heterocycles. The lowest BCUT2D eigenvalue weighted by molar-refractivity contribution is 0.0172. The molecule has 2 aromatic rings. The van der Waals surface area contributed by atoms with Crippen LogP contribution >= 0.6 is 23.2 Å². The van der Waals surface area contributed by atoms with Crippen molar-refractivity contribution in [3.63, 3.8) is 0 Å². The van der Waals surface area contributed by atoms with Crippen molar-refractivity contribution in [2.45, 2.75) is 17.9 Å². The van der Waals surface area contributed by atoms with E-state index in [-0.39, 0.29) is 40.9 Å². The van der Waals surface area contributed by atoms with Crippen molar-refractivity contribution in [2.24, 2.45) is 5.41 Å². The molecule has 3 rings (SSSR count). The zero-order valence-corrected chi connectivity index (χ0v) is 19.5. The fraction of sp³-hybridized carbons (Fsp3) is 0.381. The summed E-state index contributed by atoms with van der Waals surface area (Å²) in [5.41, 5.74) is -0.697. The number of hydrogen-bond acceptors (Lipinski definition) is 6. The molecule has 1 aliphatic rings. The molecule has 0 spiro atoms. The summed E-state index contributed by atoms with van der Waals surface area (Å²) < 4.78 is 47.0. The minimum absolute atomic E-state index is 0.0338. The van der Waals surface area contributed by atoms with Crippen molar-refractivity contribution < 1.29 is 22.7 Å². The van der Waals surface area contributed by atoms with E-state index in [9.17, 15) is 17.9 Å². The molecule has 1 aliphatic heterocycles. The first-order valence-corrected chi connectivity index (χ1v) is 11.9. The topological polar surface area (TPSA) is 103 Å². The van der Waals surface area contributed by atoms with Crippen LogP contribution in [0.3, 0.4) is 0 Å². The Hall–Kier alpha value is -1.93. The van der Waals surface area contributed by atoms with Crippen LogP contribution in [0.1, 0.15) is 12.5 Å². The number of benzene rings is 2. The van der Waals surface area contributed by atoms with Gasteiger partial charge in [-0.05, 0) is 37.3 Å². The van der Waals surface area contributed by atoms with Crippen molar-refractivity contribution in [3.8, 4) is 11.8 Å². The van der Waals surface area contributed by atoms with E-state index < -0.39 is 27.4 Å². The molecule has 0 radical (unpaired) electrons. The van der Waals surface area contributed by atoms with Gasteiger partial charge in [0, 0.05) is 42.7 Å². The number of halogens is 3. The van der Waals surface area contributed by atoms with Crippen LogP contribution in [0, 0.1) is 22.6 Å². The SMILES string of the molecule is C[C@H](O)CNCC1(COc2ccc(C#N)c(F)c2)CN(S(=O)(=O)c2ccc(Cl)cc2Cl)C1. The van der Waals surface area contributed by atoms with E-state index in [0.717, 1.165) is 6.07 Å². The summed E-state index contributed by atoms with van der Waals surface area (Å²) in [6.45, 7) is 2.71. The van der Waals surface area contributed by atoms with Crippen LogP contribution in [-0.4, -0.2) is 56.7 Å². The zero-order chi connectivity index (χ0) is 23.5. The van der Waals surface area contributed by atoms with E-state index in [1.54, 1.807) is 13.0 Å². The minimum atomic E-state index is -3.85. The van der Waals surface area contributed by atoms with Gasteiger partial charge in [-0.15, -0.1) is 0 Å². The Kier molecular flexibility index (Phi) is 7.65. The summed E-state index contributed by atoms with van der Waals surface area (Å²) in [7, 11) is -3.85. The van der Waals surface area contributed by atoms with Crippen LogP contribution in [0.5, 0.6) is 5.75 Å². The number of sulfonamides is 1. The molecule has 172 valence electrons. The summed E-state index contributed by atoms with van der Waals surface area (Å²) in [5, 5.41) is 21.8. The van der Waals surface area contributed by atoms with Crippen molar-refractivity contribution >= 4 is 33.2 Å². The molecule has 0 bridgehead atoms. The van der Waals surface area contributed by atoms with E-state index in [4.69, 9.17) is 33.2 Å². The summed E-state index contributed by atoms with van der Waals surface area (Å²) in [6.07, 6.45) is -0.576. The van der Waals surface area contributed by atoms with Crippen LogP contribution in [0.25, 0.3) is 0 Å². The number of aliphatic hydroxyl groups is 1. The summed E-state index contributed by atoms with van der Waals surface area (Å²) in [5.74, 6) is -0.458. The molecular weight excluding hydrogens is 480 g/mol. The molecule has 2 aromatic carbocycles. The number of hydrogen-bond donors (Lipinski definition) is 2. The Bertz CT molecular complexity index is 1130. The third-order valence-electron chi connectivity index (χ3n) is 5.08. The normalized spacial score (nSPS) is 16.8. The zero-order valence-electron chi connectivity index (χ0n) is 17.2. The number of nitriles is 1. The highest BCUT2D eigenvalue weighted by atomic mass is 35.5. The molecule has 0 saturated carbocycles. The highest BCUT2D eigenvalue weighted by Gasteiger charge is 2.49. The summed E-state index contributed by atoms with van der Waals surface area (Å²) in [4.78, 5) is -0.0378. The monoisotopic (exact) mass is 501 g/mol. The van der Waals surface area contributed by atoms with E-state index in [0.29, 0.717) is 18.1 Å². The smallest absolute Gasteiger partial charge is 0.244 e. The molecule has 0 aliphatic carbocycles. The highest BCUT2D eigenvalue weighted by molar-refractivity contribution is 7.89. The maximum atomic E-state index is 13.9. The molecule has 1 atom stereocenters. The van der Waals surface area contributed by atoms with Gasteiger partial charge in [-0.1, -0.05) is 23.2 Å². The predicted octanol–water partition coefficient (Wildman–Crippen LogP) is 3.04. The summed E-state index contributed by atoms with van der Waals surface area (Å²) in [6, 6.07) is 9.87. The minimum Gasteiger partial charge on any atom is -0.493 e. The number of nitrogens with zero attached hydrogens (tertiary/aromatic N) is 2. The molecule has 2 N–H and O–H groups in total. The molecule has 1 saturated heterocycles. The predicted molar refractivity (Wildman–Crippen MR) is 119 cm³/mol. The van der Waals surface area contributed by atoms with Gasteiger partial charge in [0.05, 0.1) is 23.3 Å². The van der Waals surface area contributed by atoms with Crippen molar-refractivity contribution in [1.29, 1.82) is 5.26 Å². The maximum Gasteiger partial charge on any atom is 0.244 e. The summed E-state index contributed by atoms with van der Waals surface area (Å²) >= 11 is 12.0. The van der Waals surface area contributed by atoms with E-state index in [1.165, 1.54) is 34.6 Å². The number of nitrogens with one attached hydrogen (secondary N) is 1. The van der Waals surface area contributed by atoms with Gasteiger partial charge in [0.2, 0.25) is 10.0 Å². The molecule has 7 nitrogen and oxygen atoms in total. The average molecular weight is 502 g/mol. The van der Waals surface area contributed by atoms with Gasteiger partial charge in [0.15, 0.2) is 0 Å². The van der Waals surface area contributed by atoms with Crippen LogP contribution in [-0.2, 0) is 10.0 Å². The molecule has 32 heavy (non-hydrogen) atoms. The number of ether oxygens (including phenoxy) is 1. The Balaban J connectivity index is 1.74. The van der Waals surface area contributed by atoms with E-state index >= 15 is 0 Å². The fourth-order valence-electron chi connectivity index (χ4n) is 3.41. The Morgan fingerprint density at radius 2 is 2.03 bits per heavy atom.